The van der Waals surface area contributed by atoms with Gasteiger partial charge in [-0.25, -0.2) is 4.98 Å². The van der Waals surface area contributed by atoms with E-state index in [-0.39, 0.29) is 47.6 Å². The molecule has 1 aliphatic heterocycles. The van der Waals surface area contributed by atoms with Crippen LogP contribution in [0, 0.1) is 11.8 Å². The van der Waals surface area contributed by atoms with Crippen LogP contribution in [0.2, 0.25) is 0 Å². The van der Waals surface area contributed by atoms with Crippen LogP contribution < -0.4 is 10.9 Å². The molecule has 0 bridgehead atoms. The van der Waals surface area contributed by atoms with E-state index >= 15 is 0 Å². The van der Waals surface area contributed by atoms with Gasteiger partial charge in [-0.2, -0.15) is 4.98 Å². The molecule has 0 unspecified atom stereocenters. The number of aliphatic hydroxyl groups excluding tert-OH is 1. The molecule has 1 aliphatic rings. The zero-order chi connectivity index (χ0) is 19.0. The molecular formula is C16H23N5O5. The largest absolute Gasteiger partial charge is 0.394 e. The first kappa shape index (κ1) is 18.5. The van der Waals surface area contributed by atoms with Gasteiger partial charge in [0, 0.05) is 18.9 Å². The highest BCUT2D eigenvalue weighted by atomic mass is 16.6. The Balaban J connectivity index is 2.03. The normalized spacial score (nSPS) is 25.9. The summed E-state index contributed by atoms with van der Waals surface area (Å²) in [5.41, 5.74) is -0.0664. The third kappa shape index (κ3) is 3.11. The minimum Gasteiger partial charge on any atom is -0.394 e. The number of methoxy groups -OCH3 is 1. The molecule has 2 aromatic heterocycles. The Hall–Kier alpha value is -2.30. The summed E-state index contributed by atoms with van der Waals surface area (Å²) >= 11 is 0. The van der Waals surface area contributed by atoms with Gasteiger partial charge < -0.3 is 14.6 Å². The monoisotopic (exact) mass is 365 g/mol. The van der Waals surface area contributed by atoms with Crippen LogP contribution in [-0.4, -0.2) is 56.5 Å². The second-order valence-corrected chi connectivity index (χ2v) is 6.69. The van der Waals surface area contributed by atoms with E-state index in [1.165, 1.54) is 6.33 Å². The van der Waals surface area contributed by atoms with Crippen LogP contribution in [0.5, 0.6) is 0 Å². The topological polar surface area (TPSA) is 131 Å². The average Bonchev–Trinajstić information content (AvgIpc) is 3.15. The number of carbonyl (C=O) groups excluding carboxylic acids is 1. The van der Waals surface area contributed by atoms with Crippen LogP contribution in [0.1, 0.15) is 27.0 Å². The van der Waals surface area contributed by atoms with E-state index < -0.39 is 17.9 Å². The van der Waals surface area contributed by atoms with Crippen molar-refractivity contribution < 1.29 is 19.4 Å². The maximum Gasteiger partial charge on any atom is 0.280 e. The Morgan fingerprint density at radius 3 is 2.88 bits per heavy atom. The van der Waals surface area contributed by atoms with Crippen molar-refractivity contribution in [2.24, 2.45) is 11.8 Å². The molecule has 142 valence electrons. The molecule has 26 heavy (non-hydrogen) atoms. The number of anilines is 1. The van der Waals surface area contributed by atoms with Crippen LogP contribution in [-0.2, 0) is 14.3 Å². The number of aliphatic hydroxyl groups is 1. The molecule has 1 saturated heterocycles. The highest BCUT2D eigenvalue weighted by Crippen LogP contribution is 2.36. The lowest BCUT2D eigenvalue weighted by atomic mass is 10.0. The fraction of sp³-hybridized carbons (Fsp3) is 0.625. The Morgan fingerprint density at radius 2 is 2.27 bits per heavy atom. The SMILES string of the molecule is CO[C@@H]1[C@H](C)[C@@H](CO)O[C@H]1n1cnc2c(=O)[nH]c(NC(=O)C(C)C)nc21. The average molecular weight is 365 g/mol. The van der Waals surface area contributed by atoms with E-state index in [1.54, 1.807) is 25.5 Å². The van der Waals surface area contributed by atoms with E-state index in [0.717, 1.165) is 0 Å². The zero-order valence-electron chi connectivity index (χ0n) is 15.1. The Morgan fingerprint density at radius 1 is 1.54 bits per heavy atom. The maximum absolute atomic E-state index is 12.3. The van der Waals surface area contributed by atoms with Crippen molar-refractivity contribution in [2.45, 2.75) is 39.2 Å². The van der Waals surface area contributed by atoms with Gasteiger partial charge in [-0.15, -0.1) is 0 Å². The number of amides is 1. The second-order valence-electron chi connectivity index (χ2n) is 6.69. The van der Waals surface area contributed by atoms with Crippen molar-refractivity contribution in [3.8, 4) is 0 Å². The number of fused-ring (bicyclic) bond motifs is 1. The van der Waals surface area contributed by atoms with Crippen molar-refractivity contribution in [2.75, 3.05) is 19.0 Å². The van der Waals surface area contributed by atoms with Gasteiger partial charge in [0.15, 0.2) is 17.4 Å². The van der Waals surface area contributed by atoms with Gasteiger partial charge in [-0.05, 0) is 0 Å². The first-order chi connectivity index (χ1) is 12.4. The highest BCUT2D eigenvalue weighted by Gasteiger charge is 2.43. The fourth-order valence-corrected chi connectivity index (χ4v) is 3.05. The summed E-state index contributed by atoms with van der Waals surface area (Å²) in [5, 5.41) is 12.1. The predicted molar refractivity (Wildman–Crippen MR) is 92.6 cm³/mol. The molecule has 0 spiro atoms. The lowest BCUT2D eigenvalue weighted by Crippen LogP contribution is -2.27. The molecule has 0 radical (unpaired) electrons. The Bertz CT molecular complexity index is 860. The van der Waals surface area contributed by atoms with Gasteiger partial charge in [0.05, 0.1) is 19.0 Å². The number of aromatic amines is 1. The lowest BCUT2D eigenvalue weighted by molar-refractivity contribution is -0.118. The van der Waals surface area contributed by atoms with E-state index in [4.69, 9.17) is 9.47 Å². The smallest absolute Gasteiger partial charge is 0.280 e. The molecule has 0 aliphatic carbocycles. The summed E-state index contributed by atoms with van der Waals surface area (Å²) in [4.78, 5) is 35.1. The van der Waals surface area contributed by atoms with Crippen LogP contribution >= 0.6 is 0 Å². The van der Waals surface area contributed by atoms with Crippen molar-refractivity contribution in [1.29, 1.82) is 0 Å². The Labute approximate surface area is 149 Å². The summed E-state index contributed by atoms with van der Waals surface area (Å²) in [5.74, 6) is -0.543. The van der Waals surface area contributed by atoms with Gasteiger partial charge in [0.25, 0.3) is 5.56 Å². The number of rotatable bonds is 5. The van der Waals surface area contributed by atoms with Gasteiger partial charge >= 0.3 is 0 Å². The van der Waals surface area contributed by atoms with Gasteiger partial charge in [-0.3, -0.25) is 24.5 Å². The van der Waals surface area contributed by atoms with Gasteiger partial charge in [0.2, 0.25) is 11.9 Å². The van der Waals surface area contributed by atoms with Crippen molar-refractivity contribution in [3.63, 3.8) is 0 Å². The summed E-state index contributed by atoms with van der Waals surface area (Å²) in [6, 6.07) is 0. The van der Waals surface area contributed by atoms with Gasteiger partial charge in [-0.1, -0.05) is 20.8 Å². The quantitative estimate of drug-likeness (QED) is 0.692. The van der Waals surface area contributed by atoms with Crippen LogP contribution in [0.15, 0.2) is 11.1 Å². The predicted octanol–water partition coefficient (Wildman–Crippen LogP) is 0.255. The molecule has 10 heteroatoms. The molecule has 3 rings (SSSR count). The van der Waals surface area contributed by atoms with Crippen molar-refractivity contribution >= 4 is 23.0 Å². The number of ether oxygens (including phenoxy) is 2. The fourth-order valence-electron chi connectivity index (χ4n) is 3.05. The maximum atomic E-state index is 12.3. The zero-order valence-corrected chi connectivity index (χ0v) is 15.1. The van der Waals surface area contributed by atoms with Gasteiger partial charge in [0.1, 0.15) is 6.10 Å². The molecule has 3 N–H and O–H groups in total. The third-order valence-electron chi connectivity index (χ3n) is 4.62. The molecule has 3 heterocycles. The molecule has 4 atom stereocenters. The molecule has 1 amide bonds. The van der Waals surface area contributed by atoms with E-state index in [9.17, 15) is 14.7 Å². The summed E-state index contributed by atoms with van der Waals surface area (Å²) in [6.45, 7) is 5.25. The van der Waals surface area contributed by atoms with E-state index in [2.05, 4.69) is 20.3 Å². The lowest BCUT2D eigenvalue weighted by Gasteiger charge is -2.20. The number of imidazole rings is 1. The van der Waals surface area contributed by atoms with E-state index in [0.29, 0.717) is 0 Å². The highest BCUT2D eigenvalue weighted by molar-refractivity contribution is 5.91. The number of nitrogens with zero attached hydrogens (tertiary/aromatic N) is 3. The van der Waals surface area contributed by atoms with Crippen molar-refractivity contribution in [1.82, 2.24) is 19.5 Å². The van der Waals surface area contributed by atoms with Crippen LogP contribution in [0.4, 0.5) is 5.95 Å². The van der Waals surface area contributed by atoms with Crippen LogP contribution in [0.3, 0.4) is 0 Å². The first-order valence-corrected chi connectivity index (χ1v) is 8.44. The van der Waals surface area contributed by atoms with E-state index in [1.807, 2.05) is 6.92 Å². The number of carbonyl (C=O) groups is 1. The Kier molecular flexibility index (Phi) is 5.08. The number of hydrogen-bond donors (Lipinski definition) is 3. The number of H-pyrrole nitrogens is 1. The number of nitrogens with one attached hydrogen (secondary N) is 2. The molecule has 10 nitrogen and oxygen atoms in total. The summed E-state index contributed by atoms with van der Waals surface area (Å²) in [6.07, 6.45) is 0.105. The number of aromatic nitrogens is 4. The second kappa shape index (κ2) is 7.14. The standard InChI is InChI=1S/C16H23N5O5/c1-7(2)13(23)19-16-18-12-10(14(24)20-16)17-6-21(12)15-11(25-4)8(3)9(5-22)26-15/h6-9,11,15,22H,5H2,1-4H3,(H2,18,19,20,23,24)/t8-,9-,11-,15-/m1/s1. The minimum absolute atomic E-state index is 0.0432. The summed E-state index contributed by atoms with van der Waals surface area (Å²) in [7, 11) is 1.56. The number of hydrogen-bond acceptors (Lipinski definition) is 7. The summed E-state index contributed by atoms with van der Waals surface area (Å²) < 4.78 is 13.0. The minimum atomic E-state index is -0.597. The molecule has 1 fully saturated rings. The van der Waals surface area contributed by atoms with Crippen LogP contribution in [0.25, 0.3) is 11.2 Å². The molecular weight excluding hydrogens is 342 g/mol. The third-order valence-corrected chi connectivity index (χ3v) is 4.62. The molecule has 0 aromatic carbocycles. The first-order valence-electron chi connectivity index (χ1n) is 8.44. The molecule has 2 aromatic rings. The molecule has 0 saturated carbocycles. The van der Waals surface area contributed by atoms with Crippen molar-refractivity contribution in [3.05, 3.63) is 16.7 Å².